The van der Waals surface area contributed by atoms with Crippen molar-refractivity contribution >= 4 is 33.8 Å². The van der Waals surface area contributed by atoms with E-state index in [9.17, 15) is 4.79 Å². The molecular weight excluding hydrogens is 304 g/mol. The monoisotopic (exact) mass is 318 g/mol. The van der Waals surface area contributed by atoms with E-state index in [1.807, 2.05) is 12.1 Å². The Morgan fingerprint density at radius 2 is 2.24 bits per heavy atom. The van der Waals surface area contributed by atoms with Crippen molar-refractivity contribution in [3.63, 3.8) is 0 Å². The molecule has 0 amide bonds. The van der Waals surface area contributed by atoms with E-state index in [4.69, 9.17) is 16.6 Å². The Morgan fingerprint density at radius 3 is 3.05 bits per heavy atom. The molecule has 0 spiro atoms. The van der Waals surface area contributed by atoms with Crippen LogP contribution in [0, 0.1) is 4.77 Å². The van der Waals surface area contributed by atoms with Crippen LogP contribution in [0.15, 0.2) is 27.6 Å². The molecule has 3 aromatic heterocycles. The van der Waals surface area contributed by atoms with Crippen molar-refractivity contribution in [2.24, 2.45) is 0 Å². The van der Waals surface area contributed by atoms with Crippen molar-refractivity contribution in [1.29, 1.82) is 0 Å². The quantitative estimate of drug-likeness (QED) is 0.734. The van der Waals surface area contributed by atoms with Gasteiger partial charge < -0.3 is 9.40 Å². The second kappa shape index (κ2) is 4.96. The van der Waals surface area contributed by atoms with Gasteiger partial charge in [0.05, 0.1) is 18.2 Å². The highest BCUT2D eigenvalue weighted by atomic mass is 32.1. The molecule has 21 heavy (non-hydrogen) atoms. The highest BCUT2D eigenvalue weighted by molar-refractivity contribution is 7.71. The molecule has 3 aromatic rings. The first-order valence-corrected chi connectivity index (χ1v) is 8.26. The third-order valence-corrected chi connectivity index (χ3v) is 5.52. The van der Waals surface area contributed by atoms with Crippen LogP contribution in [-0.2, 0) is 19.4 Å². The minimum absolute atomic E-state index is 0.00421. The number of hydrogen-bond acceptors (Lipinski definition) is 4. The van der Waals surface area contributed by atoms with Gasteiger partial charge in [0.15, 0.2) is 4.77 Å². The van der Waals surface area contributed by atoms with Crippen LogP contribution < -0.4 is 5.56 Å². The number of aryl methyl sites for hydroxylation is 2. The van der Waals surface area contributed by atoms with E-state index in [1.165, 1.54) is 16.9 Å². The summed E-state index contributed by atoms with van der Waals surface area (Å²) in [6.45, 7) is 0.377. The fourth-order valence-corrected chi connectivity index (χ4v) is 4.57. The topological polar surface area (TPSA) is 50.9 Å². The number of aromatic nitrogens is 2. The number of nitrogens with zero attached hydrogens (tertiary/aromatic N) is 1. The largest absolute Gasteiger partial charge is 0.467 e. The molecule has 1 aliphatic carbocycles. The molecule has 0 saturated carbocycles. The lowest BCUT2D eigenvalue weighted by molar-refractivity contribution is 0.487. The third kappa shape index (κ3) is 2.10. The van der Waals surface area contributed by atoms with Gasteiger partial charge in [-0.3, -0.25) is 9.36 Å². The van der Waals surface area contributed by atoms with Crippen molar-refractivity contribution in [1.82, 2.24) is 9.55 Å². The zero-order chi connectivity index (χ0) is 14.4. The summed E-state index contributed by atoms with van der Waals surface area (Å²) in [5.41, 5.74) is 1.23. The summed E-state index contributed by atoms with van der Waals surface area (Å²) in [6.07, 6.45) is 6.05. The zero-order valence-corrected chi connectivity index (χ0v) is 13.0. The first-order valence-electron chi connectivity index (χ1n) is 7.04. The molecule has 0 aliphatic heterocycles. The predicted molar refractivity (Wildman–Crippen MR) is 85.7 cm³/mol. The van der Waals surface area contributed by atoms with E-state index in [1.54, 1.807) is 22.2 Å². The Labute approximate surface area is 130 Å². The van der Waals surface area contributed by atoms with E-state index < -0.39 is 0 Å². The van der Waals surface area contributed by atoms with Crippen LogP contribution in [-0.4, -0.2) is 9.55 Å². The van der Waals surface area contributed by atoms with Gasteiger partial charge in [0.25, 0.3) is 5.56 Å². The molecule has 1 N–H and O–H groups in total. The number of furan rings is 1. The second-order valence-corrected chi connectivity index (χ2v) is 6.81. The number of rotatable bonds is 2. The molecule has 0 aromatic carbocycles. The van der Waals surface area contributed by atoms with Crippen LogP contribution in [0.25, 0.3) is 10.2 Å². The van der Waals surface area contributed by atoms with Crippen LogP contribution in [0.1, 0.15) is 29.0 Å². The lowest BCUT2D eigenvalue weighted by Gasteiger charge is -2.10. The van der Waals surface area contributed by atoms with Crippen LogP contribution in [0.2, 0.25) is 0 Å². The van der Waals surface area contributed by atoms with Gasteiger partial charge in [-0.05, 0) is 55.6 Å². The Hall–Kier alpha value is -1.66. The third-order valence-electron chi connectivity index (χ3n) is 3.99. The SMILES string of the molecule is O=c1c2c3c(sc2[nH]c(=S)n1Cc1ccco1)CCCC3. The molecule has 0 radical (unpaired) electrons. The highest BCUT2D eigenvalue weighted by Crippen LogP contribution is 2.33. The minimum Gasteiger partial charge on any atom is -0.467 e. The van der Waals surface area contributed by atoms with Crippen molar-refractivity contribution < 1.29 is 4.42 Å². The lowest BCUT2D eigenvalue weighted by atomic mass is 9.97. The molecule has 3 heterocycles. The molecule has 1 aliphatic rings. The standard InChI is InChI=1S/C15H14N2O2S2/c18-14-12-10-5-1-2-6-11(10)21-13(12)16-15(20)17(14)8-9-4-3-7-19-9/h3-4,7H,1-2,5-6,8H2,(H,16,20). The summed E-state index contributed by atoms with van der Waals surface area (Å²) < 4.78 is 7.39. The summed E-state index contributed by atoms with van der Waals surface area (Å²) in [6, 6.07) is 3.67. The van der Waals surface area contributed by atoms with Gasteiger partial charge in [0.1, 0.15) is 10.6 Å². The van der Waals surface area contributed by atoms with Gasteiger partial charge in [0.2, 0.25) is 0 Å². The summed E-state index contributed by atoms with van der Waals surface area (Å²) >= 11 is 7.04. The summed E-state index contributed by atoms with van der Waals surface area (Å²) in [4.78, 5) is 18.3. The molecule has 0 bridgehead atoms. The molecule has 4 nitrogen and oxygen atoms in total. The number of nitrogens with one attached hydrogen (secondary N) is 1. The van der Waals surface area contributed by atoms with Crippen LogP contribution >= 0.6 is 23.6 Å². The maximum absolute atomic E-state index is 12.8. The first-order chi connectivity index (χ1) is 10.2. The Kier molecular flexibility index (Phi) is 3.08. The molecule has 0 unspecified atom stereocenters. The highest BCUT2D eigenvalue weighted by Gasteiger charge is 2.20. The number of thiophene rings is 1. The number of aromatic amines is 1. The minimum atomic E-state index is 0.00421. The van der Waals surface area contributed by atoms with Crippen LogP contribution in [0.4, 0.5) is 0 Å². The maximum Gasteiger partial charge on any atom is 0.263 e. The van der Waals surface area contributed by atoms with E-state index in [2.05, 4.69) is 4.98 Å². The Balaban J connectivity index is 1.95. The Bertz CT molecular complexity index is 916. The molecule has 4 rings (SSSR count). The fraction of sp³-hybridized carbons (Fsp3) is 0.333. The molecule has 108 valence electrons. The summed E-state index contributed by atoms with van der Waals surface area (Å²) in [5, 5.41) is 0.829. The smallest absolute Gasteiger partial charge is 0.263 e. The molecule has 0 saturated heterocycles. The fourth-order valence-electron chi connectivity index (χ4n) is 2.97. The summed E-state index contributed by atoms with van der Waals surface area (Å²) in [5.74, 6) is 0.736. The van der Waals surface area contributed by atoms with Gasteiger partial charge in [0, 0.05) is 4.88 Å². The average Bonchev–Trinajstić information content (AvgIpc) is 3.10. The van der Waals surface area contributed by atoms with Crippen molar-refractivity contribution in [2.75, 3.05) is 0 Å². The van der Waals surface area contributed by atoms with Crippen molar-refractivity contribution in [3.8, 4) is 0 Å². The van der Waals surface area contributed by atoms with E-state index in [0.717, 1.165) is 35.2 Å². The average molecular weight is 318 g/mol. The molecule has 6 heteroatoms. The number of hydrogen-bond donors (Lipinski definition) is 1. The molecule has 0 atom stereocenters. The zero-order valence-electron chi connectivity index (χ0n) is 11.3. The van der Waals surface area contributed by atoms with Gasteiger partial charge in [-0.15, -0.1) is 11.3 Å². The predicted octanol–water partition coefficient (Wildman–Crippen LogP) is 3.64. The van der Waals surface area contributed by atoms with E-state index in [0.29, 0.717) is 11.3 Å². The Morgan fingerprint density at radius 1 is 1.38 bits per heavy atom. The first kappa shape index (κ1) is 13.0. The maximum atomic E-state index is 12.8. The van der Waals surface area contributed by atoms with Crippen molar-refractivity contribution in [2.45, 2.75) is 32.2 Å². The summed E-state index contributed by atoms with van der Waals surface area (Å²) in [7, 11) is 0. The number of fused-ring (bicyclic) bond motifs is 3. The van der Waals surface area contributed by atoms with E-state index >= 15 is 0 Å². The van der Waals surface area contributed by atoms with E-state index in [-0.39, 0.29) is 5.56 Å². The number of H-pyrrole nitrogens is 1. The van der Waals surface area contributed by atoms with Crippen LogP contribution in [0.3, 0.4) is 0 Å². The van der Waals surface area contributed by atoms with Gasteiger partial charge in [-0.1, -0.05) is 0 Å². The normalized spacial score (nSPS) is 14.5. The molecular formula is C15H14N2O2S2. The van der Waals surface area contributed by atoms with Crippen molar-refractivity contribution in [3.05, 3.63) is 49.7 Å². The van der Waals surface area contributed by atoms with Gasteiger partial charge >= 0.3 is 0 Å². The second-order valence-electron chi connectivity index (χ2n) is 5.32. The van der Waals surface area contributed by atoms with Gasteiger partial charge in [-0.25, -0.2) is 0 Å². The van der Waals surface area contributed by atoms with Gasteiger partial charge in [-0.2, -0.15) is 0 Å². The lowest BCUT2D eigenvalue weighted by Crippen LogP contribution is -2.23. The van der Waals surface area contributed by atoms with Crippen LogP contribution in [0.5, 0.6) is 0 Å². The molecule has 0 fully saturated rings.